The predicted octanol–water partition coefficient (Wildman–Crippen LogP) is 4.75. The number of nitrogens with one attached hydrogen (secondary N) is 1. The van der Waals surface area contributed by atoms with E-state index < -0.39 is 0 Å². The maximum absolute atomic E-state index is 13.2. The van der Waals surface area contributed by atoms with Gasteiger partial charge in [-0.3, -0.25) is 9.59 Å². The van der Waals surface area contributed by atoms with E-state index in [1.54, 1.807) is 30.3 Å². The third-order valence-corrected chi connectivity index (χ3v) is 6.47. The minimum atomic E-state index is -0.146. The van der Waals surface area contributed by atoms with Crippen molar-refractivity contribution in [2.24, 2.45) is 0 Å². The second kappa shape index (κ2) is 8.43. The maximum atomic E-state index is 13.2. The number of amides is 2. The molecule has 2 amide bonds. The van der Waals surface area contributed by atoms with Crippen LogP contribution in [-0.4, -0.2) is 36.5 Å². The van der Waals surface area contributed by atoms with Gasteiger partial charge in [-0.15, -0.1) is 11.3 Å². The number of rotatable bonds is 4. The van der Waals surface area contributed by atoms with E-state index in [1.807, 2.05) is 34.5 Å². The Labute approximate surface area is 184 Å². The Kier molecular flexibility index (Phi) is 5.34. The van der Waals surface area contributed by atoms with Crippen LogP contribution in [0.4, 0.5) is 5.69 Å². The molecule has 0 spiro atoms. The summed E-state index contributed by atoms with van der Waals surface area (Å²) in [6.45, 7) is 1.82. The van der Waals surface area contributed by atoms with Crippen molar-refractivity contribution in [3.8, 4) is 11.5 Å². The molecule has 3 heterocycles. The molecule has 31 heavy (non-hydrogen) atoms. The van der Waals surface area contributed by atoms with E-state index in [-0.39, 0.29) is 17.9 Å². The summed E-state index contributed by atoms with van der Waals surface area (Å²) in [6.07, 6.45) is 1.88. The number of benzene rings is 2. The first-order valence-electron chi connectivity index (χ1n) is 10.3. The number of hydrogen-bond donors (Lipinski definition) is 1. The summed E-state index contributed by atoms with van der Waals surface area (Å²) in [6, 6.07) is 16.7. The molecule has 5 rings (SSSR count). The number of carbonyl (C=O) groups is 2. The molecule has 0 radical (unpaired) electrons. The van der Waals surface area contributed by atoms with Crippen LogP contribution in [0.25, 0.3) is 0 Å². The molecule has 7 heteroatoms. The van der Waals surface area contributed by atoms with Crippen LogP contribution in [0.5, 0.6) is 11.5 Å². The molecule has 1 aromatic heterocycles. The van der Waals surface area contributed by atoms with Crippen LogP contribution in [-0.2, 0) is 0 Å². The number of carbonyl (C=O) groups excluding carboxylic acids is 2. The predicted molar refractivity (Wildman–Crippen MR) is 119 cm³/mol. The van der Waals surface area contributed by atoms with Crippen molar-refractivity contribution >= 4 is 28.8 Å². The molecule has 1 fully saturated rings. The first kappa shape index (κ1) is 19.6. The normalized spacial score (nSPS) is 17.4. The van der Waals surface area contributed by atoms with E-state index in [2.05, 4.69) is 5.32 Å². The van der Waals surface area contributed by atoms with Gasteiger partial charge in [-0.1, -0.05) is 12.1 Å². The number of nitrogens with zero attached hydrogens (tertiary/aromatic N) is 1. The number of ether oxygens (including phenoxy) is 2. The monoisotopic (exact) mass is 434 g/mol. The molecule has 158 valence electrons. The molecule has 0 saturated carbocycles. The number of anilines is 1. The Morgan fingerprint density at radius 1 is 1.00 bits per heavy atom. The number of likely N-dealkylation sites (tertiary alicyclic amines) is 1. The maximum Gasteiger partial charge on any atom is 0.265 e. The SMILES string of the molecule is O=C(Nc1ccc(C(=O)N2CCC[C@H]2c2ccc3c(c2)OCCO3)cc1)c1cccs1. The third-order valence-electron chi connectivity index (χ3n) is 5.60. The highest BCUT2D eigenvalue weighted by atomic mass is 32.1. The molecule has 1 saturated heterocycles. The fourth-order valence-electron chi connectivity index (χ4n) is 4.09. The fraction of sp³-hybridized carbons (Fsp3) is 0.250. The van der Waals surface area contributed by atoms with Crippen molar-refractivity contribution in [1.82, 2.24) is 4.90 Å². The Morgan fingerprint density at radius 2 is 1.81 bits per heavy atom. The van der Waals surface area contributed by atoms with E-state index in [4.69, 9.17) is 9.47 Å². The molecule has 0 aliphatic carbocycles. The summed E-state index contributed by atoms with van der Waals surface area (Å²) in [4.78, 5) is 28.0. The first-order chi connectivity index (χ1) is 15.2. The van der Waals surface area contributed by atoms with Crippen LogP contribution in [0.1, 0.15) is 44.5 Å². The Bertz CT molecular complexity index is 1100. The molecule has 2 aromatic carbocycles. The topological polar surface area (TPSA) is 67.9 Å². The highest BCUT2D eigenvalue weighted by Crippen LogP contribution is 2.38. The van der Waals surface area contributed by atoms with Gasteiger partial charge >= 0.3 is 0 Å². The molecule has 6 nitrogen and oxygen atoms in total. The zero-order valence-electron chi connectivity index (χ0n) is 16.9. The first-order valence-corrected chi connectivity index (χ1v) is 11.2. The summed E-state index contributed by atoms with van der Waals surface area (Å²) in [5.41, 5.74) is 2.34. The fourth-order valence-corrected chi connectivity index (χ4v) is 4.70. The van der Waals surface area contributed by atoms with Gasteiger partial charge in [0.25, 0.3) is 11.8 Å². The van der Waals surface area contributed by atoms with Crippen LogP contribution in [0, 0.1) is 0 Å². The lowest BCUT2D eigenvalue weighted by atomic mass is 10.0. The third kappa shape index (κ3) is 4.01. The molecule has 1 N–H and O–H groups in total. The van der Waals surface area contributed by atoms with Crippen LogP contribution in [0.3, 0.4) is 0 Å². The number of hydrogen-bond acceptors (Lipinski definition) is 5. The van der Waals surface area contributed by atoms with Crippen LogP contribution < -0.4 is 14.8 Å². The van der Waals surface area contributed by atoms with E-state index in [1.165, 1.54) is 11.3 Å². The smallest absolute Gasteiger partial charge is 0.265 e. The summed E-state index contributed by atoms with van der Waals surface area (Å²) in [5.74, 6) is 1.35. The van der Waals surface area contributed by atoms with Gasteiger partial charge in [-0.2, -0.15) is 0 Å². The molecule has 0 unspecified atom stereocenters. The van der Waals surface area contributed by atoms with E-state index >= 15 is 0 Å². The van der Waals surface area contributed by atoms with E-state index in [0.717, 1.165) is 36.4 Å². The van der Waals surface area contributed by atoms with Gasteiger partial charge in [0, 0.05) is 17.8 Å². The molecule has 1 atom stereocenters. The lowest BCUT2D eigenvalue weighted by molar-refractivity contribution is 0.0735. The molecule has 2 aliphatic rings. The highest BCUT2D eigenvalue weighted by molar-refractivity contribution is 7.12. The van der Waals surface area contributed by atoms with Gasteiger partial charge in [-0.05, 0) is 66.2 Å². The lowest BCUT2D eigenvalue weighted by Gasteiger charge is -2.27. The van der Waals surface area contributed by atoms with Gasteiger partial charge in [-0.25, -0.2) is 0 Å². The van der Waals surface area contributed by atoms with Crippen molar-refractivity contribution in [3.05, 3.63) is 76.0 Å². The van der Waals surface area contributed by atoms with Crippen LogP contribution in [0.2, 0.25) is 0 Å². The van der Waals surface area contributed by atoms with Crippen molar-refractivity contribution in [1.29, 1.82) is 0 Å². The Morgan fingerprint density at radius 3 is 2.58 bits per heavy atom. The van der Waals surface area contributed by atoms with Gasteiger partial charge in [0.2, 0.25) is 0 Å². The Hall–Kier alpha value is -3.32. The quantitative estimate of drug-likeness (QED) is 0.644. The lowest BCUT2D eigenvalue weighted by Crippen LogP contribution is -2.30. The van der Waals surface area contributed by atoms with Crippen molar-refractivity contribution in [3.63, 3.8) is 0 Å². The van der Waals surface area contributed by atoms with Gasteiger partial charge < -0.3 is 19.7 Å². The van der Waals surface area contributed by atoms with Crippen molar-refractivity contribution < 1.29 is 19.1 Å². The van der Waals surface area contributed by atoms with E-state index in [9.17, 15) is 9.59 Å². The summed E-state index contributed by atoms with van der Waals surface area (Å²) >= 11 is 1.39. The van der Waals surface area contributed by atoms with Crippen LogP contribution in [0.15, 0.2) is 60.0 Å². The van der Waals surface area contributed by atoms with Crippen molar-refractivity contribution in [2.75, 3.05) is 25.1 Å². The van der Waals surface area contributed by atoms with Gasteiger partial charge in [0.1, 0.15) is 13.2 Å². The zero-order valence-corrected chi connectivity index (χ0v) is 17.7. The average Bonchev–Trinajstić information content (AvgIpc) is 3.51. The highest BCUT2D eigenvalue weighted by Gasteiger charge is 2.31. The minimum absolute atomic E-state index is 0.00600. The molecule has 3 aromatic rings. The number of thiophene rings is 1. The summed E-state index contributed by atoms with van der Waals surface area (Å²) in [5, 5.41) is 4.73. The average molecular weight is 435 g/mol. The van der Waals surface area contributed by atoms with Crippen LogP contribution >= 0.6 is 11.3 Å². The minimum Gasteiger partial charge on any atom is -0.486 e. The van der Waals surface area contributed by atoms with Gasteiger partial charge in [0.15, 0.2) is 11.5 Å². The van der Waals surface area contributed by atoms with Gasteiger partial charge in [0.05, 0.1) is 10.9 Å². The molecular weight excluding hydrogens is 412 g/mol. The van der Waals surface area contributed by atoms with Crippen molar-refractivity contribution in [2.45, 2.75) is 18.9 Å². The molecule has 0 bridgehead atoms. The summed E-state index contributed by atoms with van der Waals surface area (Å²) in [7, 11) is 0. The standard InChI is InChI=1S/C24H22N2O4S/c27-23(22-4-2-14-31-22)25-18-8-5-16(6-9-18)24(28)26-11-1-3-19(26)17-7-10-20-21(15-17)30-13-12-29-20/h2,4-10,14-15,19H,1,3,11-13H2,(H,25,27)/t19-/m0/s1. The van der Waals surface area contributed by atoms with E-state index in [0.29, 0.717) is 29.3 Å². The Balaban J connectivity index is 1.30. The second-order valence-corrected chi connectivity index (χ2v) is 8.52. The summed E-state index contributed by atoms with van der Waals surface area (Å²) < 4.78 is 11.3. The largest absolute Gasteiger partial charge is 0.486 e. The zero-order chi connectivity index (χ0) is 21.2. The molecular formula is C24H22N2O4S. The number of fused-ring (bicyclic) bond motifs is 1. The second-order valence-electron chi connectivity index (χ2n) is 7.57. The molecule has 2 aliphatic heterocycles.